The second kappa shape index (κ2) is 12.8. The van der Waals surface area contributed by atoms with E-state index in [-0.39, 0.29) is 0 Å². The summed E-state index contributed by atoms with van der Waals surface area (Å²) in [5, 5.41) is 0. The SMILES string of the molecule is [B][B]B(C)CCCB([B])CCC[B]CCCC. The number of rotatable bonds is 12. The van der Waals surface area contributed by atoms with Crippen LogP contribution >= 0.6 is 0 Å². The van der Waals surface area contributed by atoms with Crippen molar-refractivity contribution in [3.05, 3.63) is 0 Å². The molecule has 0 aliphatic carbocycles. The first-order chi connectivity index (χ1) is 8.20. The summed E-state index contributed by atoms with van der Waals surface area (Å²) in [5.41, 5.74) is 0. The van der Waals surface area contributed by atoms with Gasteiger partial charge in [-0.3, -0.25) is 0 Å². The van der Waals surface area contributed by atoms with Crippen molar-refractivity contribution in [1.82, 2.24) is 0 Å². The molecular formula is C11H24B6. The van der Waals surface area contributed by atoms with Gasteiger partial charge < -0.3 is 0 Å². The number of unbranched alkanes of at least 4 members (excludes halogenated alkanes) is 1. The lowest BCUT2D eigenvalue weighted by Gasteiger charge is -2.10. The Kier molecular flexibility index (Phi) is 13.1. The van der Waals surface area contributed by atoms with Gasteiger partial charge in [0.15, 0.2) is 0 Å². The molecule has 0 spiro atoms. The molecule has 0 atom stereocenters. The lowest BCUT2D eigenvalue weighted by Crippen LogP contribution is -2.19. The van der Waals surface area contributed by atoms with Crippen LogP contribution in [0, 0.1) is 0 Å². The van der Waals surface area contributed by atoms with Crippen LogP contribution in [0.3, 0.4) is 0 Å². The molecule has 0 N–H and O–H groups in total. The van der Waals surface area contributed by atoms with Crippen molar-refractivity contribution in [2.24, 2.45) is 0 Å². The zero-order chi connectivity index (χ0) is 12.9. The van der Waals surface area contributed by atoms with Gasteiger partial charge >= 0.3 is 0 Å². The van der Waals surface area contributed by atoms with E-state index in [2.05, 4.69) is 21.0 Å². The van der Waals surface area contributed by atoms with Gasteiger partial charge in [0.05, 0.1) is 13.2 Å². The molecular weight excluding hydrogens is 197 g/mol. The van der Waals surface area contributed by atoms with Gasteiger partial charge in [-0.1, -0.05) is 71.0 Å². The lowest BCUT2D eigenvalue weighted by molar-refractivity contribution is 0.873. The van der Waals surface area contributed by atoms with E-state index in [0.717, 1.165) is 6.32 Å². The molecule has 86 valence electrons. The average Bonchev–Trinajstić information content (AvgIpc) is 2.33. The fourth-order valence-electron chi connectivity index (χ4n) is 1.96. The molecule has 0 aromatic rings. The van der Waals surface area contributed by atoms with Crippen molar-refractivity contribution >= 4 is 43.0 Å². The summed E-state index contributed by atoms with van der Waals surface area (Å²) in [6, 6.07) is 0. The van der Waals surface area contributed by atoms with Gasteiger partial charge in [0.2, 0.25) is 0 Å². The minimum atomic E-state index is 0.388. The number of hydrogen-bond acceptors (Lipinski definition) is 0. The van der Waals surface area contributed by atoms with Crippen LogP contribution in [0.25, 0.3) is 0 Å². The Balaban J connectivity index is 3.20. The summed E-state index contributed by atoms with van der Waals surface area (Å²) in [7, 11) is 15.8. The monoisotopic (exact) mass is 222 g/mol. The molecule has 0 unspecified atom stereocenters. The van der Waals surface area contributed by atoms with Crippen LogP contribution < -0.4 is 0 Å². The Morgan fingerprint density at radius 2 is 1.65 bits per heavy atom. The van der Waals surface area contributed by atoms with Crippen LogP contribution in [0.15, 0.2) is 0 Å². The molecule has 0 bridgehead atoms. The zero-order valence-electron chi connectivity index (χ0n) is 11.8. The van der Waals surface area contributed by atoms with Crippen LogP contribution in [0.2, 0.25) is 38.4 Å². The first kappa shape index (κ1) is 17.4. The molecule has 17 heavy (non-hydrogen) atoms. The highest BCUT2D eigenvalue weighted by atomic mass is 13.8. The van der Waals surface area contributed by atoms with E-state index in [1.807, 2.05) is 0 Å². The highest BCUT2D eigenvalue weighted by Gasteiger charge is 2.07. The second-order valence-electron chi connectivity index (χ2n) is 5.22. The first-order valence-electron chi connectivity index (χ1n) is 7.33. The molecule has 6 heteroatoms. The van der Waals surface area contributed by atoms with Gasteiger partial charge in [0, 0.05) is 22.5 Å². The predicted octanol–water partition coefficient (Wildman–Crippen LogP) is 2.68. The molecule has 0 aliphatic heterocycles. The van der Waals surface area contributed by atoms with E-state index in [1.165, 1.54) is 51.0 Å². The second-order valence-corrected chi connectivity index (χ2v) is 5.22. The topological polar surface area (TPSA) is 0 Å². The van der Waals surface area contributed by atoms with Gasteiger partial charge in [-0.15, -0.1) is 0 Å². The maximum Gasteiger partial charge on any atom is 0.109 e. The Hall–Kier alpha value is 0.390. The van der Waals surface area contributed by atoms with E-state index >= 15 is 0 Å². The van der Waals surface area contributed by atoms with Gasteiger partial charge in [-0.2, -0.15) is 0 Å². The van der Waals surface area contributed by atoms with Crippen molar-refractivity contribution in [2.45, 2.75) is 71.0 Å². The molecule has 0 heterocycles. The fraction of sp³-hybridized carbons (Fsp3) is 1.00. The van der Waals surface area contributed by atoms with Crippen LogP contribution in [0.5, 0.6) is 0 Å². The van der Waals surface area contributed by atoms with E-state index in [0.29, 0.717) is 13.2 Å². The minimum Gasteiger partial charge on any atom is -0.0934 e. The van der Waals surface area contributed by atoms with Crippen molar-refractivity contribution in [1.29, 1.82) is 0 Å². The van der Waals surface area contributed by atoms with E-state index in [9.17, 15) is 0 Å². The van der Waals surface area contributed by atoms with Crippen LogP contribution in [0.1, 0.15) is 32.6 Å². The van der Waals surface area contributed by atoms with E-state index in [1.54, 1.807) is 7.06 Å². The molecule has 0 fully saturated rings. The molecule has 0 saturated carbocycles. The third kappa shape index (κ3) is 12.6. The highest BCUT2D eigenvalue weighted by Crippen LogP contribution is 2.10. The maximum atomic E-state index is 6.09. The van der Waals surface area contributed by atoms with Crippen molar-refractivity contribution < 1.29 is 0 Å². The predicted molar refractivity (Wildman–Crippen MR) is 88.6 cm³/mol. The van der Waals surface area contributed by atoms with Crippen molar-refractivity contribution in [2.75, 3.05) is 0 Å². The van der Waals surface area contributed by atoms with E-state index in [4.69, 9.17) is 15.5 Å². The third-order valence-electron chi connectivity index (χ3n) is 3.31. The molecule has 6 radical (unpaired) electrons. The molecule has 0 saturated heterocycles. The Bertz CT molecular complexity index is 155. The summed E-state index contributed by atoms with van der Waals surface area (Å²) < 4.78 is 0. The Labute approximate surface area is 114 Å². The normalized spacial score (nSPS) is 10.0. The third-order valence-corrected chi connectivity index (χ3v) is 3.31. The number of hydrogen-bond donors (Lipinski definition) is 0. The van der Waals surface area contributed by atoms with Gasteiger partial charge in [0.1, 0.15) is 7.28 Å². The fourth-order valence-corrected chi connectivity index (χ4v) is 1.96. The highest BCUT2D eigenvalue weighted by molar-refractivity contribution is 7.31. The van der Waals surface area contributed by atoms with E-state index < -0.39 is 0 Å². The first-order valence-corrected chi connectivity index (χ1v) is 7.33. The molecule has 0 aromatic heterocycles. The Morgan fingerprint density at radius 3 is 2.29 bits per heavy atom. The maximum absolute atomic E-state index is 6.09. The van der Waals surface area contributed by atoms with Crippen LogP contribution in [0.4, 0.5) is 0 Å². The van der Waals surface area contributed by atoms with Gasteiger partial charge in [0.25, 0.3) is 0 Å². The summed E-state index contributed by atoms with van der Waals surface area (Å²) >= 11 is 0. The van der Waals surface area contributed by atoms with Crippen LogP contribution in [-0.2, 0) is 0 Å². The molecule has 0 rings (SSSR count). The van der Waals surface area contributed by atoms with Crippen LogP contribution in [-0.4, -0.2) is 43.0 Å². The summed E-state index contributed by atoms with van der Waals surface area (Å²) in [6.07, 6.45) is 11.1. The summed E-state index contributed by atoms with van der Waals surface area (Å²) in [5.74, 6) is 0. The van der Waals surface area contributed by atoms with Crippen molar-refractivity contribution in [3.63, 3.8) is 0 Å². The molecule has 0 aromatic carbocycles. The molecule has 0 aliphatic rings. The minimum absolute atomic E-state index is 0.388. The molecule has 0 nitrogen and oxygen atoms in total. The van der Waals surface area contributed by atoms with Gasteiger partial charge in [-0.05, 0) is 0 Å². The Morgan fingerprint density at radius 1 is 1.00 bits per heavy atom. The zero-order valence-corrected chi connectivity index (χ0v) is 11.8. The van der Waals surface area contributed by atoms with Crippen molar-refractivity contribution in [3.8, 4) is 0 Å². The summed E-state index contributed by atoms with van der Waals surface area (Å²) in [4.78, 5) is 0. The van der Waals surface area contributed by atoms with Gasteiger partial charge in [-0.25, -0.2) is 0 Å². The standard InChI is InChI=1S/C11H24B6/c1-3-4-7-14-8-5-10-17(13)11-6-9-16(2)15-12/h3-11H2,1-2H3. The quantitative estimate of drug-likeness (QED) is 0.351. The molecule has 0 amide bonds. The average molecular weight is 221 g/mol. The lowest BCUT2D eigenvalue weighted by atomic mass is 9.13. The largest absolute Gasteiger partial charge is 0.109 e. The smallest absolute Gasteiger partial charge is 0.0934 e. The summed E-state index contributed by atoms with van der Waals surface area (Å²) in [6.45, 7) is 5.32.